The molecule has 0 saturated heterocycles. The van der Waals surface area contributed by atoms with Crippen molar-refractivity contribution in [3.8, 4) is 44.9 Å². The molecule has 3 heteroatoms. The smallest absolute Gasteiger partial charge is 0.160 e. The first-order valence-corrected chi connectivity index (χ1v) is 16.0. The predicted octanol–water partition coefficient (Wildman–Crippen LogP) is 11.8. The molecule has 0 spiro atoms. The van der Waals surface area contributed by atoms with E-state index in [1.54, 1.807) is 0 Å². The molecule has 9 rings (SSSR count). The fourth-order valence-corrected chi connectivity index (χ4v) is 7.70. The van der Waals surface area contributed by atoms with E-state index in [-0.39, 0.29) is 0 Å². The minimum Gasteiger partial charge on any atom is -0.228 e. The van der Waals surface area contributed by atoms with Crippen LogP contribution in [0.5, 0.6) is 0 Å². The Kier molecular flexibility index (Phi) is 6.03. The van der Waals surface area contributed by atoms with Gasteiger partial charge in [0.1, 0.15) is 0 Å². The van der Waals surface area contributed by atoms with E-state index >= 15 is 0 Å². The first-order chi connectivity index (χ1) is 22.3. The summed E-state index contributed by atoms with van der Waals surface area (Å²) in [7, 11) is 0. The number of para-hydroxylation sites is 1. The van der Waals surface area contributed by atoms with Gasteiger partial charge in [-0.25, -0.2) is 9.97 Å². The lowest BCUT2D eigenvalue weighted by molar-refractivity contribution is 1.23. The van der Waals surface area contributed by atoms with E-state index in [9.17, 15) is 0 Å². The molecular weight excluding hydrogens is 565 g/mol. The topological polar surface area (TPSA) is 25.8 Å². The molecule has 0 aliphatic heterocycles. The van der Waals surface area contributed by atoms with Crippen LogP contribution in [0.25, 0.3) is 86.7 Å². The Balaban J connectivity index is 1.18. The molecule has 0 N–H and O–H groups in total. The van der Waals surface area contributed by atoms with E-state index in [2.05, 4.69) is 140 Å². The Morgan fingerprint density at radius 1 is 0.400 bits per heavy atom. The third-order valence-corrected chi connectivity index (χ3v) is 9.79. The van der Waals surface area contributed by atoms with Gasteiger partial charge < -0.3 is 0 Å². The van der Waals surface area contributed by atoms with E-state index in [0.717, 1.165) is 39.1 Å². The van der Waals surface area contributed by atoms with Gasteiger partial charge in [0.2, 0.25) is 0 Å². The summed E-state index contributed by atoms with van der Waals surface area (Å²) in [5.74, 6) is 0.729. The number of hydrogen-bond donors (Lipinski definition) is 0. The number of fused-ring (bicyclic) bond motifs is 6. The molecule has 0 fully saturated rings. The van der Waals surface area contributed by atoms with Crippen molar-refractivity contribution in [1.82, 2.24) is 9.97 Å². The van der Waals surface area contributed by atoms with Crippen LogP contribution >= 0.6 is 11.3 Å². The molecule has 2 nitrogen and oxygen atoms in total. The van der Waals surface area contributed by atoms with Crippen molar-refractivity contribution in [3.05, 3.63) is 158 Å². The first-order valence-electron chi connectivity index (χ1n) is 15.2. The molecule has 0 amide bonds. The van der Waals surface area contributed by atoms with Crippen LogP contribution in [0.15, 0.2) is 158 Å². The minimum atomic E-state index is 0.729. The Morgan fingerprint density at radius 3 is 1.91 bits per heavy atom. The Hall–Kier alpha value is -5.64. The third-order valence-electron chi connectivity index (χ3n) is 8.67. The highest BCUT2D eigenvalue weighted by Gasteiger charge is 2.15. The maximum atomic E-state index is 5.11. The van der Waals surface area contributed by atoms with Gasteiger partial charge in [0.15, 0.2) is 5.82 Å². The molecule has 0 aliphatic carbocycles. The standard InChI is InChI=1S/C42H26N2S/c1-2-12-28(13-3-1)41-35-19-6-7-21-36(35)43-42(44-41)32-17-9-15-30(26-32)29-14-8-16-31(25-29)34-20-10-22-37-40(34)39-33-18-5-4-11-27(33)23-24-38(39)45-37/h1-26H. The monoisotopic (exact) mass is 590 g/mol. The molecule has 210 valence electrons. The third kappa shape index (κ3) is 4.40. The van der Waals surface area contributed by atoms with Crippen LogP contribution in [-0.2, 0) is 0 Å². The van der Waals surface area contributed by atoms with E-state index in [1.165, 1.54) is 47.6 Å². The van der Waals surface area contributed by atoms with Crippen LogP contribution in [0, 0.1) is 0 Å². The van der Waals surface area contributed by atoms with Crippen molar-refractivity contribution in [1.29, 1.82) is 0 Å². The van der Waals surface area contributed by atoms with Crippen LogP contribution in [0.4, 0.5) is 0 Å². The molecule has 0 unspecified atom stereocenters. The molecule has 2 heterocycles. The zero-order valence-corrected chi connectivity index (χ0v) is 25.1. The van der Waals surface area contributed by atoms with Gasteiger partial charge in [-0.3, -0.25) is 0 Å². The lowest BCUT2D eigenvalue weighted by Crippen LogP contribution is -1.95. The van der Waals surface area contributed by atoms with Crippen LogP contribution in [-0.4, -0.2) is 9.97 Å². The summed E-state index contributed by atoms with van der Waals surface area (Å²) in [6, 6.07) is 56.1. The van der Waals surface area contributed by atoms with Crippen molar-refractivity contribution < 1.29 is 0 Å². The minimum absolute atomic E-state index is 0.729. The van der Waals surface area contributed by atoms with Crippen LogP contribution in [0.3, 0.4) is 0 Å². The number of thiophene rings is 1. The molecule has 0 radical (unpaired) electrons. The summed E-state index contributed by atoms with van der Waals surface area (Å²) in [6.45, 7) is 0. The molecule has 0 atom stereocenters. The average Bonchev–Trinajstić information content (AvgIpc) is 3.51. The van der Waals surface area contributed by atoms with Crippen molar-refractivity contribution in [2.24, 2.45) is 0 Å². The van der Waals surface area contributed by atoms with Gasteiger partial charge in [0.25, 0.3) is 0 Å². The molecule has 0 aliphatic rings. The van der Waals surface area contributed by atoms with Crippen LogP contribution < -0.4 is 0 Å². The molecule has 0 saturated carbocycles. The van der Waals surface area contributed by atoms with Gasteiger partial charge in [-0.1, -0.05) is 127 Å². The van der Waals surface area contributed by atoms with Gasteiger partial charge in [-0.2, -0.15) is 0 Å². The molecular formula is C42H26N2S. The summed E-state index contributed by atoms with van der Waals surface area (Å²) in [6.07, 6.45) is 0. The maximum absolute atomic E-state index is 5.11. The van der Waals surface area contributed by atoms with Gasteiger partial charge in [0.05, 0.1) is 11.2 Å². The van der Waals surface area contributed by atoms with Crippen molar-refractivity contribution in [3.63, 3.8) is 0 Å². The van der Waals surface area contributed by atoms with E-state index < -0.39 is 0 Å². The first kappa shape index (κ1) is 25.8. The summed E-state index contributed by atoms with van der Waals surface area (Å²) in [5, 5.41) is 6.32. The quantitative estimate of drug-likeness (QED) is 0.204. The molecule has 7 aromatic carbocycles. The summed E-state index contributed by atoms with van der Waals surface area (Å²) in [4.78, 5) is 10.1. The predicted molar refractivity (Wildman–Crippen MR) is 192 cm³/mol. The zero-order chi connectivity index (χ0) is 29.7. The van der Waals surface area contributed by atoms with Gasteiger partial charge in [-0.15, -0.1) is 11.3 Å². The average molecular weight is 591 g/mol. The lowest BCUT2D eigenvalue weighted by atomic mass is 9.94. The summed E-state index contributed by atoms with van der Waals surface area (Å²) in [5.41, 5.74) is 8.76. The van der Waals surface area contributed by atoms with E-state index in [1.807, 2.05) is 29.5 Å². The second-order valence-corrected chi connectivity index (χ2v) is 12.5. The molecule has 2 aromatic heterocycles. The van der Waals surface area contributed by atoms with E-state index in [4.69, 9.17) is 9.97 Å². The number of nitrogens with zero attached hydrogens (tertiary/aromatic N) is 2. The molecule has 9 aromatic rings. The second-order valence-electron chi connectivity index (χ2n) is 11.4. The molecule has 0 bridgehead atoms. The Labute approximate surface area is 264 Å². The fraction of sp³-hybridized carbons (Fsp3) is 0. The fourth-order valence-electron chi connectivity index (χ4n) is 6.55. The highest BCUT2D eigenvalue weighted by atomic mass is 32.1. The summed E-state index contributed by atoms with van der Waals surface area (Å²) >= 11 is 1.87. The van der Waals surface area contributed by atoms with Crippen LogP contribution in [0.2, 0.25) is 0 Å². The largest absolute Gasteiger partial charge is 0.228 e. The highest BCUT2D eigenvalue weighted by Crippen LogP contribution is 2.43. The van der Waals surface area contributed by atoms with Crippen molar-refractivity contribution in [2.45, 2.75) is 0 Å². The van der Waals surface area contributed by atoms with Gasteiger partial charge in [0, 0.05) is 36.7 Å². The van der Waals surface area contributed by atoms with Gasteiger partial charge in [-0.05, 0) is 63.4 Å². The zero-order valence-electron chi connectivity index (χ0n) is 24.3. The maximum Gasteiger partial charge on any atom is 0.160 e. The van der Waals surface area contributed by atoms with Gasteiger partial charge >= 0.3 is 0 Å². The molecule has 45 heavy (non-hydrogen) atoms. The lowest BCUT2D eigenvalue weighted by Gasteiger charge is -2.11. The SMILES string of the molecule is c1ccc(-c2nc(-c3cccc(-c4cccc(-c5cccc6sc7ccc8ccccc8c7c56)c4)c3)nc3ccccc23)cc1. The number of rotatable bonds is 4. The summed E-state index contributed by atoms with van der Waals surface area (Å²) < 4.78 is 2.64. The van der Waals surface area contributed by atoms with Crippen molar-refractivity contribution >= 4 is 53.2 Å². The highest BCUT2D eigenvalue weighted by molar-refractivity contribution is 7.26. The number of hydrogen-bond acceptors (Lipinski definition) is 3. The van der Waals surface area contributed by atoms with Crippen molar-refractivity contribution in [2.75, 3.05) is 0 Å². The number of benzene rings is 7. The van der Waals surface area contributed by atoms with E-state index in [0.29, 0.717) is 0 Å². The second kappa shape index (κ2) is 10.5. The normalized spacial score (nSPS) is 11.6. The Bertz CT molecular complexity index is 2550. The van der Waals surface area contributed by atoms with Crippen LogP contribution in [0.1, 0.15) is 0 Å². The Morgan fingerprint density at radius 2 is 1.04 bits per heavy atom. The number of aromatic nitrogens is 2.